The maximum atomic E-state index is 12.9. The zero-order valence-electron chi connectivity index (χ0n) is 15.3. The molecule has 0 saturated heterocycles. The lowest BCUT2D eigenvalue weighted by molar-refractivity contribution is -0.137. The second-order valence-electron chi connectivity index (χ2n) is 6.93. The molecule has 9 heteroatoms. The lowest BCUT2D eigenvalue weighted by Gasteiger charge is -2.25. The van der Waals surface area contributed by atoms with Crippen LogP contribution in [0.3, 0.4) is 0 Å². The predicted molar refractivity (Wildman–Crippen MR) is 97.9 cm³/mol. The standard InChI is InChI=1S/C18H25F3N2O3S/c1-27(25,26)23(16-11-7-8-14(12-16)18(19,20)21)13-17(24)22-15-9-5-3-2-4-6-10-15/h7-8,11-12,15H,2-6,9-10,13H2,1H3,(H,22,24). The first-order valence-electron chi connectivity index (χ1n) is 9.02. The van der Waals surface area contributed by atoms with Crippen LogP contribution in [0.5, 0.6) is 0 Å². The number of rotatable bonds is 5. The summed E-state index contributed by atoms with van der Waals surface area (Å²) in [5, 5.41) is 2.84. The molecule has 0 aromatic heterocycles. The van der Waals surface area contributed by atoms with Gasteiger partial charge in [0.25, 0.3) is 0 Å². The smallest absolute Gasteiger partial charge is 0.352 e. The van der Waals surface area contributed by atoms with Gasteiger partial charge in [0.15, 0.2) is 0 Å². The van der Waals surface area contributed by atoms with Gasteiger partial charge in [0, 0.05) is 6.04 Å². The molecule has 0 aliphatic heterocycles. The van der Waals surface area contributed by atoms with Crippen LogP contribution in [-0.2, 0) is 21.0 Å². The van der Waals surface area contributed by atoms with Crippen molar-refractivity contribution in [3.05, 3.63) is 29.8 Å². The minimum atomic E-state index is -4.60. The van der Waals surface area contributed by atoms with Crippen molar-refractivity contribution in [1.29, 1.82) is 0 Å². The molecular formula is C18H25F3N2O3S. The number of nitrogens with one attached hydrogen (secondary N) is 1. The highest BCUT2D eigenvalue weighted by atomic mass is 32.2. The molecule has 1 aliphatic rings. The fourth-order valence-corrected chi connectivity index (χ4v) is 4.09. The van der Waals surface area contributed by atoms with Crippen LogP contribution in [-0.4, -0.2) is 33.2 Å². The number of nitrogens with zero attached hydrogens (tertiary/aromatic N) is 1. The molecule has 0 atom stereocenters. The highest BCUT2D eigenvalue weighted by Crippen LogP contribution is 2.32. The van der Waals surface area contributed by atoms with E-state index in [-0.39, 0.29) is 11.7 Å². The summed E-state index contributed by atoms with van der Waals surface area (Å²) in [6.45, 7) is -0.545. The summed E-state index contributed by atoms with van der Waals surface area (Å²) in [4.78, 5) is 12.4. The van der Waals surface area contributed by atoms with Gasteiger partial charge in [0.05, 0.1) is 17.5 Å². The van der Waals surface area contributed by atoms with Gasteiger partial charge in [-0.25, -0.2) is 8.42 Å². The van der Waals surface area contributed by atoms with Crippen LogP contribution in [0.1, 0.15) is 50.5 Å². The van der Waals surface area contributed by atoms with Gasteiger partial charge in [0.1, 0.15) is 6.54 Å². The van der Waals surface area contributed by atoms with Gasteiger partial charge >= 0.3 is 6.18 Å². The van der Waals surface area contributed by atoms with Crippen molar-refractivity contribution in [3.63, 3.8) is 0 Å². The summed E-state index contributed by atoms with van der Waals surface area (Å²) in [7, 11) is -3.92. The number of alkyl halides is 3. The molecule has 0 radical (unpaired) electrons. The Bertz CT molecular complexity index is 742. The van der Waals surface area contributed by atoms with Crippen LogP contribution in [0, 0.1) is 0 Å². The molecule has 5 nitrogen and oxygen atoms in total. The molecule has 1 amide bonds. The van der Waals surface area contributed by atoms with E-state index in [0.717, 1.165) is 63.0 Å². The third kappa shape index (κ3) is 6.71. The van der Waals surface area contributed by atoms with Gasteiger partial charge in [-0.15, -0.1) is 0 Å². The lowest BCUT2D eigenvalue weighted by atomic mass is 9.97. The summed E-state index contributed by atoms with van der Waals surface area (Å²) in [6.07, 6.45) is 3.30. The van der Waals surface area contributed by atoms with Crippen LogP contribution in [0.15, 0.2) is 24.3 Å². The van der Waals surface area contributed by atoms with E-state index in [0.29, 0.717) is 4.31 Å². The number of carbonyl (C=O) groups is 1. The number of carbonyl (C=O) groups excluding carboxylic acids is 1. The molecule has 27 heavy (non-hydrogen) atoms. The van der Waals surface area contributed by atoms with Crippen molar-refractivity contribution in [2.24, 2.45) is 0 Å². The molecule has 1 aromatic carbocycles. The van der Waals surface area contributed by atoms with E-state index in [9.17, 15) is 26.4 Å². The van der Waals surface area contributed by atoms with Crippen LogP contribution in [0.2, 0.25) is 0 Å². The van der Waals surface area contributed by atoms with E-state index in [4.69, 9.17) is 0 Å². The van der Waals surface area contributed by atoms with Crippen LogP contribution in [0.4, 0.5) is 18.9 Å². The molecule has 1 aromatic rings. The minimum Gasteiger partial charge on any atom is -0.352 e. The third-order valence-electron chi connectivity index (χ3n) is 4.62. The van der Waals surface area contributed by atoms with Gasteiger partial charge in [0.2, 0.25) is 15.9 Å². The first-order chi connectivity index (χ1) is 12.6. The molecule has 1 fully saturated rings. The van der Waals surface area contributed by atoms with E-state index in [1.807, 2.05) is 0 Å². The van der Waals surface area contributed by atoms with Gasteiger partial charge < -0.3 is 5.32 Å². The van der Waals surface area contributed by atoms with Crippen LogP contribution in [0.25, 0.3) is 0 Å². The second-order valence-corrected chi connectivity index (χ2v) is 8.83. The van der Waals surface area contributed by atoms with E-state index in [1.165, 1.54) is 12.5 Å². The largest absolute Gasteiger partial charge is 0.416 e. The lowest BCUT2D eigenvalue weighted by Crippen LogP contribution is -2.44. The summed E-state index contributed by atoms with van der Waals surface area (Å²) >= 11 is 0. The average molecular weight is 406 g/mol. The Morgan fingerprint density at radius 1 is 1.15 bits per heavy atom. The van der Waals surface area contributed by atoms with Crippen molar-refractivity contribution in [2.75, 3.05) is 17.1 Å². The molecule has 0 unspecified atom stereocenters. The number of sulfonamides is 1. The molecular weight excluding hydrogens is 381 g/mol. The Labute approximate surface area is 158 Å². The third-order valence-corrected chi connectivity index (χ3v) is 5.76. The van der Waals surface area contributed by atoms with E-state index in [2.05, 4.69) is 5.32 Å². The molecule has 1 aliphatic carbocycles. The number of hydrogen-bond acceptors (Lipinski definition) is 3. The molecule has 2 rings (SSSR count). The first kappa shape index (κ1) is 21.5. The van der Waals surface area contributed by atoms with Crippen molar-refractivity contribution in [3.8, 4) is 0 Å². The number of halogens is 3. The Morgan fingerprint density at radius 2 is 1.74 bits per heavy atom. The number of hydrogen-bond donors (Lipinski definition) is 1. The predicted octanol–water partition coefficient (Wildman–Crippen LogP) is 3.70. The van der Waals surface area contributed by atoms with E-state index >= 15 is 0 Å². The Hall–Kier alpha value is -1.77. The monoisotopic (exact) mass is 406 g/mol. The van der Waals surface area contributed by atoms with Crippen molar-refractivity contribution in [2.45, 2.75) is 57.2 Å². The minimum absolute atomic E-state index is 0.0271. The topological polar surface area (TPSA) is 66.5 Å². The highest BCUT2D eigenvalue weighted by molar-refractivity contribution is 7.92. The fourth-order valence-electron chi connectivity index (χ4n) is 3.24. The molecule has 152 valence electrons. The van der Waals surface area contributed by atoms with Gasteiger partial charge in [-0.05, 0) is 31.0 Å². The Morgan fingerprint density at radius 3 is 2.30 bits per heavy atom. The normalized spacial score (nSPS) is 17.0. The van der Waals surface area contributed by atoms with Crippen molar-refractivity contribution in [1.82, 2.24) is 5.32 Å². The number of amides is 1. The summed E-state index contributed by atoms with van der Waals surface area (Å²) in [5.41, 5.74) is -1.14. The van der Waals surface area contributed by atoms with Crippen molar-refractivity contribution < 1.29 is 26.4 Å². The van der Waals surface area contributed by atoms with Crippen LogP contribution >= 0.6 is 0 Å². The maximum Gasteiger partial charge on any atom is 0.416 e. The van der Waals surface area contributed by atoms with Gasteiger partial charge in [-0.3, -0.25) is 9.10 Å². The number of anilines is 1. The Balaban J connectivity index is 2.14. The SMILES string of the molecule is CS(=O)(=O)N(CC(=O)NC1CCCCCCC1)c1cccc(C(F)(F)F)c1. The summed E-state index contributed by atoms with van der Waals surface area (Å²) < 4.78 is 63.7. The quantitative estimate of drug-likeness (QED) is 0.811. The number of benzene rings is 1. The van der Waals surface area contributed by atoms with E-state index < -0.39 is 34.2 Å². The van der Waals surface area contributed by atoms with Crippen LogP contribution < -0.4 is 9.62 Å². The maximum absolute atomic E-state index is 12.9. The second kappa shape index (κ2) is 8.95. The summed E-state index contributed by atoms with van der Waals surface area (Å²) in [5.74, 6) is -0.511. The molecule has 0 heterocycles. The van der Waals surface area contributed by atoms with Crippen molar-refractivity contribution >= 4 is 21.6 Å². The first-order valence-corrected chi connectivity index (χ1v) is 10.9. The molecule has 0 bridgehead atoms. The fraction of sp³-hybridized carbons (Fsp3) is 0.611. The summed E-state index contributed by atoms with van der Waals surface area (Å²) in [6, 6.07) is 3.95. The molecule has 1 saturated carbocycles. The van der Waals surface area contributed by atoms with E-state index in [1.54, 1.807) is 0 Å². The average Bonchev–Trinajstić information content (AvgIpc) is 2.53. The van der Waals surface area contributed by atoms with Gasteiger partial charge in [-0.2, -0.15) is 13.2 Å². The zero-order valence-corrected chi connectivity index (χ0v) is 16.1. The highest BCUT2D eigenvalue weighted by Gasteiger charge is 2.32. The molecule has 0 spiro atoms. The zero-order chi connectivity index (χ0) is 20.1. The molecule has 1 N–H and O–H groups in total. The Kier molecular flexibility index (Phi) is 7.13. The van der Waals surface area contributed by atoms with Gasteiger partial charge in [-0.1, -0.05) is 38.2 Å².